The van der Waals surface area contributed by atoms with Crippen LogP contribution in [0.1, 0.15) is 40.5 Å². The molecule has 0 saturated carbocycles. The van der Waals surface area contributed by atoms with E-state index in [-0.39, 0.29) is 11.3 Å². The van der Waals surface area contributed by atoms with E-state index in [9.17, 15) is 4.79 Å². The highest BCUT2D eigenvalue weighted by Gasteiger charge is 2.26. The van der Waals surface area contributed by atoms with E-state index in [1.165, 1.54) is 5.06 Å². The first-order valence-electron chi connectivity index (χ1n) is 5.34. The average molecular weight is 199 g/mol. The molecule has 1 aliphatic heterocycles. The minimum atomic E-state index is 0.130. The zero-order valence-electron chi connectivity index (χ0n) is 9.67. The predicted octanol–water partition coefficient (Wildman–Crippen LogP) is 2.22. The third-order valence-corrected chi connectivity index (χ3v) is 2.99. The van der Waals surface area contributed by atoms with Gasteiger partial charge in [0.15, 0.2) is 0 Å². The van der Waals surface area contributed by atoms with Crippen molar-refractivity contribution in [1.82, 2.24) is 5.06 Å². The molecule has 1 amide bonds. The second-order valence-electron chi connectivity index (χ2n) is 5.15. The van der Waals surface area contributed by atoms with E-state index in [1.54, 1.807) is 0 Å². The fraction of sp³-hybridized carbons (Fsp3) is 0.909. The summed E-state index contributed by atoms with van der Waals surface area (Å²) in [5, 5.41) is 1.52. The lowest BCUT2D eigenvalue weighted by molar-refractivity contribution is -0.170. The minimum Gasteiger partial charge on any atom is -0.273 e. The second-order valence-corrected chi connectivity index (χ2v) is 5.15. The average Bonchev–Trinajstić information content (AvgIpc) is 2.53. The van der Waals surface area contributed by atoms with Crippen molar-refractivity contribution in [3.05, 3.63) is 0 Å². The van der Waals surface area contributed by atoms with Gasteiger partial charge >= 0.3 is 0 Å². The first kappa shape index (κ1) is 11.5. The molecule has 14 heavy (non-hydrogen) atoms. The topological polar surface area (TPSA) is 29.5 Å². The van der Waals surface area contributed by atoms with Gasteiger partial charge in [0, 0.05) is 6.42 Å². The van der Waals surface area contributed by atoms with Crippen LogP contribution in [0.5, 0.6) is 0 Å². The molecule has 1 heterocycles. The summed E-state index contributed by atoms with van der Waals surface area (Å²) in [6.07, 6.45) is 1.55. The Morgan fingerprint density at radius 2 is 2.14 bits per heavy atom. The molecule has 0 radical (unpaired) electrons. The number of carbonyl (C=O) groups is 1. The van der Waals surface area contributed by atoms with E-state index in [2.05, 4.69) is 27.7 Å². The van der Waals surface area contributed by atoms with Crippen molar-refractivity contribution >= 4 is 5.91 Å². The first-order chi connectivity index (χ1) is 6.41. The molecule has 0 aromatic rings. The van der Waals surface area contributed by atoms with E-state index in [0.717, 1.165) is 13.0 Å². The van der Waals surface area contributed by atoms with Crippen LogP contribution in [0.15, 0.2) is 0 Å². The van der Waals surface area contributed by atoms with Gasteiger partial charge in [0.2, 0.25) is 5.91 Å². The van der Waals surface area contributed by atoms with Crippen LogP contribution >= 0.6 is 0 Å². The van der Waals surface area contributed by atoms with Gasteiger partial charge in [0.1, 0.15) is 0 Å². The van der Waals surface area contributed by atoms with Crippen LogP contribution in [0, 0.1) is 11.3 Å². The Hall–Kier alpha value is -0.570. The Morgan fingerprint density at radius 3 is 2.57 bits per heavy atom. The van der Waals surface area contributed by atoms with Crippen LogP contribution < -0.4 is 0 Å². The summed E-state index contributed by atoms with van der Waals surface area (Å²) in [5.41, 5.74) is 0.190. The molecule has 1 aliphatic rings. The fourth-order valence-electron chi connectivity index (χ4n) is 1.31. The van der Waals surface area contributed by atoms with Crippen LogP contribution in [0.3, 0.4) is 0 Å². The largest absolute Gasteiger partial charge is 0.273 e. The zero-order chi connectivity index (χ0) is 10.8. The third kappa shape index (κ3) is 2.98. The van der Waals surface area contributed by atoms with Crippen LogP contribution in [-0.2, 0) is 9.63 Å². The van der Waals surface area contributed by atoms with Crippen LogP contribution in [0.4, 0.5) is 0 Å². The van der Waals surface area contributed by atoms with Gasteiger partial charge in [0.05, 0.1) is 13.2 Å². The van der Waals surface area contributed by atoms with Crippen LogP contribution in [0.25, 0.3) is 0 Å². The minimum absolute atomic E-state index is 0.130. The number of amides is 1. The van der Waals surface area contributed by atoms with Gasteiger partial charge in [-0.1, -0.05) is 27.7 Å². The van der Waals surface area contributed by atoms with Gasteiger partial charge in [-0.3, -0.25) is 9.63 Å². The molecule has 3 heteroatoms. The normalized spacial score (nSPS) is 19.9. The summed E-state index contributed by atoms with van der Waals surface area (Å²) in [6, 6.07) is 0. The van der Waals surface area contributed by atoms with Gasteiger partial charge in [-0.15, -0.1) is 0 Å². The molecule has 0 aromatic carbocycles. The molecular formula is C11H21NO2. The summed E-state index contributed by atoms with van der Waals surface area (Å²) in [7, 11) is 0. The lowest BCUT2D eigenvalue weighted by Gasteiger charge is -2.27. The predicted molar refractivity (Wildman–Crippen MR) is 55.5 cm³/mol. The van der Waals surface area contributed by atoms with Crippen molar-refractivity contribution in [2.45, 2.75) is 40.5 Å². The fourth-order valence-corrected chi connectivity index (χ4v) is 1.31. The Bertz CT molecular complexity index is 202. The lowest BCUT2D eigenvalue weighted by Crippen LogP contribution is -2.31. The molecule has 1 unspecified atom stereocenters. The quantitative estimate of drug-likeness (QED) is 0.682. The SMILES string of the molecule is CC(CC(=O)N1CCCO1)C(C)(C)C. The van der Waals surface area contributed by atoms with Crippen molar-refractivity contribution in [3.8, 4) is 0 Å². The van der Waals surface area contributed by atoms with E-state index in [4.69, 9.17) is 4.84 Å². The highest BCUT2D eigenvalue weighted by Crippen LogP contribution is 2.28. The summed E-state index contributed by atoms with van der Waals surface area (Å²) < 4.78 is 0. The van der Waals surface area contributed by atoms with Crippen molar-refractivity contribution in [2.24, 2.45) is 11.3 Å². The van der Waals surface area contributed by atoms with Crippen molar-refractivity contribution < 1.29 is 9.63 Å². The number of nitrogens with zero attached hydrogens (tertiary/aromatic N) is 1. The molecule has 1 atom stereocenters. The van der Waals surface area contributed by atoms with Crippen LogP contribution in [0.2, 0.25) is 0 Å². The standard InChI is InChI=1S/C11H21NO2/c1-9(11(2,3)4)8-10(13)12-6-5-7-14-12/h9H,5-8H2,1-4H3. The second kappa shape index (κ2) is 4.30. The number of rotatable bonds is 2. The van der Waals surface area contributed by atoms with Gasteiger partial charge in [-0.25, -0.2) is 5.06 Å². The molecule has 0 spiro atoms. The Balaban J connectivity index is 2.40. The number of carbonyl (C=O) groups excluding carboxylic acids is 1. The van der Waals surface area contributed by atoms with Gasteiger partial charge in [-0.2, -0.15) is 0 Å². The van der Waals surface area contributed by atoms with Crippen molar-refractivity contribution in [2.75, 3.05) is 13.2 Å². The third-order valence-electron chi connectivity index (χ3n) is 2.99. The number of hydrogen-bond donors (Lipinski definition) is 0. The molecule has 0 bridgehead atoms. The smallest absolute Gasteiger partial charge is 0.246 e. The Labute approximate surface area is 86.4 Å². The number of hydrogen-bond acceptors (Lipinski definition) is 2. The Morgan fingerprint density at radius 1 is 1.50 bits per heavy atom. The van der Waals surface area contributed by atoms with Gasteiger partial charge < -0.3 is 0 Å². The molecule has 0 N–H and O–H groups in total. The molecule has 0 aliphatic carbocycles. The zero-order valence-corrected chi connectivity index (χ0v) is 9.67. The monoisotopic (exact) mass is 199 g/mol. The van der Waals surface area contributed by atoms with E-state index >= 15 is 0 Å². The van der Waals surface area contributed by atoms with Gasteiger partial charge in [0.25, 0.3) is 0 Å². The molecule has 1 saturated heterocycles. The molecular weight excluding hydrogens is 178 g/mol. The molecule has 0 aromatic heterocycles. The summed E-state index contributed by atoms with van der Waals surface area (Å²) >= 11 is 0. The first-order valence-corrected chi connectivity index (χ1v) is 5.34. The van der Waals surface area contributed by atoms with E-state index in [1.807, 2.05) is 0 Å². The maximum absolute atomic E-state index is 11.7. The van der Waals surface area contributed by atoms with Gasteiger partial charge in [-0.05, 0) is 17.8 Å². The summed E-state index contributed by atoms with van der Waals surface area (Å²) in [4.78, 5) is 16.9. The highest BCUT2D eigenvalue weighted by atomic mass is 16.7. The number of hydroxylamine groups is 2. The van der Waals surface area contributed by atoms with Crippen LogP contribution in [-0.4, -0.2) is 24.1 Å². The molecule has 1 rings (SSSR count). The maximum Gasteiger partial charge on any atom is 0.246 e. The summed E-state index contributed by atoms with van der Waals surface area (Å²) in [5.74, 6) is 0.518. The molecule has 82 valence electrons. The highest BCUT2D eigenvalue weighted by molar-refractivity contribution is 5.75. The Kier molecular flexibility index (Phi) is 3.53. The molecule has 1 fully saturated rings. The van der Waals surface area contributed by atoms with Crippen molar-refractivity contribution in [1.29, 1.82) is 0 Å². The maximum atomic E-state index is 11.7. The van der Waals surface area contributed by atoms with E-state index in [0.29, 0.717) is 18.9 Å². The molecule has 3 nitrogen and oxygen atoms in total. The summed E-state index contributed by atoms with van der Waals surface area (Å²) in [6.45, 7) is 10.1. The van der Waals surface area contributed by atoms with E-state index < -0.39 is 0 Å². The lowest BCUT2D eigenvalue weighted by atomic mass is 9.80. The van der Waals surface area contributed by atoms with Crippen molar-refractivity contribution in [3.63, 3.8) is 0 Å².